The summed E-state index contributed by atoms with van der Waals surface area (Å²) >= 11 is 2.86. The monoisotopic (exact) mass is 334 g/mol. The summed E-state index contributed by atoms with van der Waals surface area (Å²) in [5, 5.41) is 11.7. The van der Waals surface area contributed by atoms with Crippen molar-refractivity contribution in [2.45, 2.75) is 18.2 Å². The molecule has 114 valence electrons. The van der Waals surface area contributed by atoms with Crippen LogP contribution in [0.4, 0.5) is 10.8 Å². The SMILES string of the molecule is Cc1nnc(NC(=O)CCN2C(=O)CSc3ccccc32)s1. The van der Waals surface area contributed by atoms with Crippen LogP contribution in [0.15, 0.2) is 29.2 Å². The molecule has 1 N–H and O–H groups in total. The standard InChI is InChI=1S/C14H14N4O2S2/c1-9-16-17-14(22-9)15-12(19)6-7-18-10-4-2-3-5-11(10)21-8-13(18)20/h2-5H,6-8H2,1H3,(H,15,17,19). The molecule has 0 unspecified atom stereocenters. The number of fused-ring (bicyclic) bond motifs is 1. The fourth-order valence-electron chi connectivity index (χ4n) is 2.14. The fourth-order valence-corrected chi connectivity index (χ4v) is 3.69. The van der Waals surface area contributed by atoms with Crippen LogP contribution in [0.3, 0.4) is 0 Å². The topological polar surface area (TPSA) is 75.2 Å². The molecule has 0 saturated carbocycles. The van der Waals surface area contributed by atoms with E-state index >= 15 is 0 Å². The predicted molar refractivity (Wildman–Crippen MR) is 87.4 cm³/mol. The number of carbonyl (C=O) groups is 2. The van der Waals surface area contributed by atoms with Crippen molar-refractivity contribution in [2.75, 3.05) is 22.5 Å². The second kappa shape index (κ2) is 6.45. The molecule has 2 amide bonds. The molecular weight excluding hydrogens is 320 g/mol. The molecule has 0 aliphatic carbocycles. The number of hydrogen-bond acceptors (Lipinski definition) is 6. The van der Waals surface area contributed by atoms with E-state index in [0.29, 0.717) is 17.4 Å². The van der Waals surface area contributed by atoms with Crippen LogP contribution in [0.1, 0.15) is 11.4 Å². The average molecular weight is 334 g/mol. The summed E-state index contributed by atoms with van der Waals surface area (Å²) in [7, 11) is 0. The molecule has 1 aliphatic heterocycles. The Hall–Kier alpha value is -1.93. The summed E-state index contributed by atoms with van der Waals surface area (Å²) < 4.78 is 0. The summed E-state index contributed by atoms with van der Waals surface area (Å²) in [4.78, 5) is 26.8. The molecule has 1 aromatic heterocycles. The van der Waals surface area contributed by atoms with Gasteiger partial charge < -0.3 is 10.2 Å². The van der Waals surface area contributed by atoms with Gasteiger partial charge in [0, 0.05) is 17.9 Å². The number of benzene rings is 1. The van der Waals surface area contributed by atoms with E-state index in [-0.39, 0.29) is 18.2 Å². The first kappa shape index (κ1) is 15.0. The molecular formula is C14H14N4O2S2. The van der Waals surface area contributed by atoms with Crippen molar-refractivity contribution in [1.29, 1.82) is 0 Å². The minimum Gasteiger partial charge on any atom is -0.310 e. The summed E-state index contributed by atoms with van der Waals surface area (Å²) in [5.41, 5.74) is 0.878. The number of anilines is 2. The number of rotatable bonds is 4. The number of hydrogen-bond donors (Lipinski definition) is 1. The Labute approximate surface area is 135 Å². The second-order valence-electron chi connectivity index (χ2n) is 4.73. The number of amides is 2. The highest BCUT2D eigenvalue weighted by Gasteiger charge is 2.24. The molecule has 0 fully saturated rings. The van der Waals surface area contributed by atoms with Gasteiger partial charge in [-0.05, 0) is 19.1 Å². The van der Waals surface area contributed by atoms with Crippen LogP contribution in [0.25, 0.3) is 0 Å². The number of carbonyl (C=O) groups excluding carboxylic acids is 2. The third-order valence-electron chi connectivity index (χ3n) is 3.14. The van der Waals surface area contributed by atoms with Crippen LogP contribution in [-0.2, 0) is 9.59 Å². The summed E-state index contributed by atoms with van der Waals surface area (Å²) in [6.45, 7) is 2.19. The maximum atomic E-state index is 12.1. The van der Waals surface area contributed by atoms with E-state index in [1.54, 1.807) is 4.90 Å². The van der Waals surface area contributed by atoms with Gasteiger partial charge in [-0.2, -0.15) is 0 Å². The van der Waals surface area contributed by atoms with E-state index in [1.807, 2.05) is 31.2 Å². The minimum absolute atomic E-state index is 0.0308. The zero-order valence-corrected chi connectivity index (χ0v) is 13.5. The first-order chi connectivity index (χ1) is 10.6. The second-order valence-corrected chi connectivity index (χ2v) is 6.93. The van der Waals surface area contributed by atoms with Gasteiger partial charge in [0.15, 0.2) is 0 Å². The largest absolute Gasteiger partial charge is 0.310 e. The lowest BCUT2D eigenvalue weighted by atomic mass is 10.2. The number of para-hydroxylation sites is 1. The quantitative estimate of drug-likeness (QED) is 0.929. The van der Waals surface area contributed by atoms with Crippen LogP contribution in [0.2, 0.25) is 0 Å². The van der Waals surface area contributed by atoms with Crippen molar-refractivity contribution >= 4 is 45.7 Å². The fraction of sp³-hybridized carbons (Fsp3) is 0.286. The van der Waals surface area contributed by atoms with Crippen molar-refractivity contribution in [3.63, 3.8) is 0 Å². The van der Waals surface area contributed by atoms with E-state index < -0.39 is 0 Å². The Morgan fingerprint density at radius 3 is 2.95 bits per heavy atom. The molecule has 0 spiro atoms. The number of thioether (sulfide) groups is 1. The first-order valence-corrected chi connectivity index (χ1v) is 8.56. The Morgan fingerprint density at radius 2 is 2.18 bits per heavy atom. The van der Waals surface area contributed by atoms with E-state index in [4.69, 9.17) is 0 Å². The van der Waals surface area contributed by atoms with E-state index in [1.165, 1.54) is 23.1 Å². The molecule has 6 nitrogen and oxygen atoms in total. The van der Waals surface area contributed by atoms with Crippen LogP contribution >= 0.6 is 23.1 Å². The Morgan fingerprint density at radius 1 is 1.36 bits per heavy atom. The van der Waals surface area contributed by atoms with Crippen LogP contribution < -0.4 is 10.2 Å². The molecule has 0 radical (unpaired) electrons. The highest BCUT2D eigenvalue weighted by Crippen LogP contribution is 2.34. The lowest BCUT2D eigenvalue weighted by Gasteiger charge is -2.28. The summed E-state index contributed by atoms with van der Waals surface area (Å²) in [5.74, 6) is 0.275. The molecule has 1 aromatic carbocycles. The maximum absolute atomic E-state index is 12.1. The molecule has 8 heteroatoms. The predicted octanol–water partition coefficient (Wildman–Crippen LogP) is 2.31. The highest BCUT2D eigenvalue weighted by molar-refractivity contribution is 8.00. The van der Waals surface area contributed by atoms with Gasteiger partial charge in [0.1, 0.15) is 5.01 Å². The smallest absolute Gasteiger partial charge is 0.237 e. The van der Waals surface area contributed by atoms with Crippen LogP contribution in [0.5, 0.6) is 0 Å². The van der Waals surface area contributed by atoms with Crippen molar-refractivity contribution in [3.05, 3.63) is 29.3 Å². The number of aryl methyl sites for hydroxylation is 1. The van der Waals surface area contributed by atoms with Gasteiger partial charge in [-0.25, -0.2) is 0 Å². The third kappa shape index (κ3) is 3.28. The zero-order chi connectivity index (χ0) is 15.5. The molecule has 2 heterocycles. The lowest BCUT2D eigenvalue weighted by Crippen LogP contribution is -2.37. The van der Waals surface area contributed by atoms with E-state index in [0.717, 1.165) is 15.6 Å². The van der Waals surface area contributed by atoms with Gasteiger partial charge in [-0.3, -0.25) is 9.59 Å². The molecule has 0 bridgehead atoms. The Kier molecular flexibility index (Phi) is 4.39. The number of nitrogens with zero attached hydrogens (tertiary/aromatic N) is 3. The van der Waals surface area contributed by atoms with Gasteiger partial charge in [0.05, 0.1) is 11.4 Å². The molecule has 1 aliphatic rings. The van der Waals surface area contributed by atoms with Crippen molar-refractivity contribution in [2.24, 2.45) is 0 Å². The molecule has 2 aromatic rings. The van der Waals surface area contributed by atoms with Crippen LogP contribution in [0, 0.1) is 6.92 Å². The average Bonchev–Trinajstić information content (AvgIpc) is 2.91. The molecule has 3 rings (SSSR count). The maximum Gasteiger partial charge on any atom is 0.237 e. The van der Waals surface area contributed by atoms with Gasteiger partial charge in [0.25, 0.3) is 0 Å². The van der Waals surface area contributed by atoms with E-state index in [2.05, 4.69) is 15.5 Å². The summed E-state index contributed by atoms with van der Waals surface area (Å²) in [6.07, 6.45) is 0.226. The van der Waals surface area contributed by atoms with E-state index in [9.17, 15) is 9.59 Å². The summed E-state index contributed by atoms with van der Waals surface area (Å²) in [6, 6.07) is 7.74. The Bertz CT molecular complexity index is 716. The molecule has 0 atom stereocenters. The number of nitrogens with one attached hydrogen (secondary N) is 1. The van der Waals surface area contributed by atoms with Crippen molar-refractivity contribution in [3.8, 4) is 0 Å². The van der Waals surface area contributed by atoms with Gasteiger partial charge in [-0.15, -0.1) is 22.0 Å². The van der Waals surface area contributed by atoms with Crippen molar-refractivity contribution < 1.29 is 9.59 Å². The molecule has 22 heavy (non-hydrogen) atoms. The van der Waals surface area contributed by atoms with Gasteiger partial charge in [0.2, 0.25) is 16.9 Å². The minimum atomic E-state index is -0.167. The lowest BCUT2D eigenvalue weighted by molar-refractivity contribution is -0.117. The van der Waals surface area contributed by atoms with Crippen molar-refractivity contribution in [1.82, 2.24) is 10.2 Å². The van der Waals surface area contributed by atoms with Gasteiger partial charge in [-0.1, -0.05) is 23.5 Å². The third-order valence-corrected chi connectivity index (χ3v) is 4.94. The normalized spacial score (nSPS) is 13.9. The van der Waals surface area contributed by atoms with Crippen LogP contribution in [-0.4, -0.2) is 34.3 Å². The Balaban J connectivity index is 1.63. The zero-order valence-electron chi connectivity index (χ0n) is 11.9. The molecule has 0 saturated heterocycles. The first-order valence-electron chi connectivity index (χ1n) is 6.75. The highest BCUT2D eigenvalue weighted by atomic mass is 32.2. The van der Waals surface area contributed by atoms with Gasteiger partial charge >= 0.3 is 0 Å². The number of aromatic nitrogens is 2.